The van der Waals surface area contributed by atoms with Crippen LogP contribution in [0.3, 0.4) is 0 Å². The van der Waals surface area contributed by atoms with Crippen LogP contribution in [0.25, 0.3) is 10.8 Å². The van der Waals surface area contributed by atoms with Gasteiger partial charge < -0.3 is 10.2 Å². The molecule has 0 saturated heterocycles. The molecular formula is C15H12N2O5. The lowest BCUT2D eigenvalue weighted by molar-refractivity contribution is -0.131. The van der Waals surface area contributed by atoms with Gasteiger partial charge in [0, 0.05) is 12.2 Å². The van der Waals surface area contributed by atoms with Crippen molar-refractivity contribution in [1.82, 2.24) is 10.9 Å². The van der Waals surface area contributed by atoms with E-state index in [2.05, 4.69) is 5.43 Å². The Bertz CT molecular complexity index is 783. The van der Waals surface area contributed by atoms with E-state index in [0.29, 0.717) is 6.08 Å². The van der Waals surface area contributed by atoms with Crippen molar-refractivity contribution in [1.29, 1.82) is 0 Å². The molecule has 7 nitrogen and oxygen atoms in total. The predicted octanol–water partition coefficient (Wildman–Crippen LogP) is 0.947. The zero-order chi connectivity index (χ0) is 16.1. The number of fused-ring (bicyclic) bond motifs is 1. The third-order valence-electron chi connectivity index (χ3n) is 2.79. The molecule has 112 valence electrons. The van der Waals surface area contributed by atoms with Crippen LogP contribution in [0.4, 0.5) is 0 Å². The summed E-state index contributed by atoms with van der Waals surface area (Å²) in [5.41, 5.74) is 4.08. The lowest BCUT2D eigenvalue weighted by Crippen LogP contribution is -2.40. The number of nitrogens with one attached hydrogen (secondary N) is 2. The molecule has 0 spiro atoms. The minimum atomic E-state index is -1.28. The van der Waals surface area contributed by atoms with Gasteiger partial charge in [-0.25, -0.2) is 4.79 Å². The maximum Gasteiger partial charge on any atom is 0.328 e. The summed E-state index contributed by atoms with van der Waals surface area (Å²) in [6, 6.07) is 10.1. The summed E-state index contributed by atoms with van der Waals surface area (Å²) >= 11 is 0. The van der Waals surface area contributed by atoms with Gasteiger partial charge in [0.25, 0.3) is 11.8 Å². The van der Waals surface area contributed by atoms with Gasteiger partial charge >= 0.3 is 5.97 Å². The summed E-state index contributed by atoms with van der Waals surface area (Å²) in [5.74, 6) is -3.04. The van der Waals surface area contributed by atoms with Gasteiger partial charge in [0.15, 0.2) is 0 Å². The minimum Gasteiger partial charge on any atom is -0.507 e. The van der Waals surface area contributed by atoms with Gasteiger partial charge in [0.1, 0.15) is 5.75 Å². The topological polar surface area (TPSA) is 116 Å². The number of aliphatic carboxylic acids is 1. The van der Waals surface area contributed by atoms with E-state index in [0.717, 1.165) is 16.8 Å². The fraction of sp³-hybridized carbons (Fsp3) is 0. The average molecular weight is 300 g/mol. The first-order valence-electron chi connectivity index (χ1n) is 6.20. The van der Waals surface area contributed by atoms with E-state index in [-0.39, 0.29) is 11.3 Å². The largest absolute Gasteiger partial charge is 0.507 e. The number of rotatable bonds is 3. The molecule has 0 radical (unpaired) electrons. The Morgan fingerprint density at radius 3 is 2.23 bits per heavy atom. The molecule has 0 saturated carbocycles. The van der Waals surface area contributed by atoms with Crippen LogP contribution >= 0.6 is 0 Å². The quantitative estimate of drug-likeness (QED) is 0.497. The van der Waals surface area contributed by atoms with Crippen LogP contribution in [0.2, 0.25) is 0 Å². The molecule has 2 aromatic carbocycles. The molecule has 0 aliphatic carbocycles. The number of carbonyl (C=O) groups is 3. The Morgan fingerprint density at radius 1 is 0.955 bits per heavy atom. The lowest BCUT2D eigenvalue weighted by atomic mass is 10.1. The fourth-order valence-electron chi connectivity index (χ4n) is 1.78. The average Bonchev–Trinajstić information content (AvgIpc) is 2.49. The molecule has 0 heterocycles. The van der Waals surface area contributed by atoms with E-state index in [1.54, 1.807) is 24.3 Å². The number of hydrogen-bond acceptors (Lipinski definition) is 4. The van der Waals surface area contributed by atoms with Gasteiger partial charge in [0.05, 0.1) is 5.56 Å². The SMILES string of the molecule is O=C(O)/C=C/C(=O)NNC(=O)c1cc2ccccc2cc1O. The molecule has 4 N–H and O–H groups in total. The van der Waals surface area contributed by atoms with Crippen molar-refractivity contribution in [3.8, 4) is 5.75 Å². The highest BCUT2D eigenvalue weighted by atomic mass is 16.4. The highest BCUT2D eigenvalue weighted by molar-refractivity contribution is 6.03. The van der Waals surface area contributed by atoms with Gasteiger partial charge in [0.2, 0.25) is 0 Å². The molecule has 0 aliphatic heterocycles. The second-order valence-electron chi connectivity index (χ2n) is 4.33. The van der Waals surface area contributed by atoms with E-state index >= 15 is 0 Å². The summed E-state index contributed by atoms with van der Waals surface area (Å²) in [4.78, 5) is 33.4. The molecule has 0 bridgehead atoms. The first-order valence-corrected chi connectivity index (χ1v) is 6.20. The summed E-state index contributed by atoms with van der Waals surface area (Å²) in [6.45, 7) is 0. The Balaban J connectivity index is 2.11. The van der Waals surface area contributed by atoms with Crippen LogP contribution in [-0.4, -0.2) is 28.0 Å². The predicted molar refractivity (Wildman–Crippen MR) is 78.0 cm³/mol. The van der Waals surface area contributed by atoms with Gasteiger partial charge in [-0.3, -0.25) is 20.4 Å². The van der Waals surface area contributed by atoms with Crippen molar-refractivity contribution >= 4 is 28.6 Å². The summed E-state index contributed by atoms with van der Waals surface area (Å²) < 4.78 is 0. The number of amides is 2. The van der Waals surface area contributed by atoms with Crippen LogP contribution in [0.1, 0.15) is 10.4 Å². The number of phenolic OH excluding ortho intramolecular Hbond substituents is 1. The number of hydrazine groups is 1. The van der Waals surface area contributed by atoms with E-state index in [9.17, 15) is 19.5 Å². The maximum absolute atomic E-state index is 11.9. The standard InChI is InChI=1S/C15H12N2O5/c18-12-8-10-4-2-1-3-9(10)7-11(12)15(22)17-16-13(19)5-6-14(20)21/h1-8,18H,(H,16,19)(H,17,22)(H,20,21)/b6-5+. The second kappa shape index (κ2) is 6.40. The van der Waals surface area contributed by atoms with Crippen LogP contribution in [0.5, 0.6) is 5.75 Å². The van der Waals surface area contributed by atoms with Gasteiger partial charge in [-0.1, -0.05) is 24.3 Å². The van der Waals surface area contributed by atoms with E-state index in [1.165, 1.54) is 12.1 Å². The first kappa shape index (κ1) is 15.0. The fourth-order valence-corrected chi connectivity index (χ4v) is 1.78. The van der Waals surface area contributed by atoms with Crippen LogP contribution < -0.4 is 10.9 Å². The molecule has 2 aromatic rings. The number of benzene rings is 2. The highest BCUT2D eigenvalue weighted by Crippen LogP contribution is 2.24. The Hall–Kier alpha value is -3.35. The monoisotopic (exact) mass is 300 g/mol. The minimum absolute atomic E-state index is 0.0128. The molecule has 0 aromatic heterocycles. The molecule has 7 heteroatoms. The Kier molecular flexibility index (Phi) is 4.38. The van der Waals surface area contributed by atoms with Crippen molar-refractivity contribution in [2.24, 2.45) is 0 Å². The number of aromatic hydroxyl groups is 1. The van der Waals surface area contributed by atoms with Crippen LogP contribution in [0, 0.1) is 0 Å². The molecule has 0 unspecified atom stereocenters. The molecule has 0 atom stereocenters. The Labute approximate surface area is 124 Å². The lowest BCUT2D eigenvalue weighted by Gasteiger charge is -2.08. The molecule has 0 fully saturated rings. The normalized spacial score (nSPS) is 10.5. The second-order valence-corrected chi connectivity index (χ2v) is 4.33. The van der Waals surface area contributed by atoms with Crippen LogP contribution in [0.15, 0.2) is 48.6 Å². The zero-order valence-corrected chi connectivity index (χ0v) is 11.2. The van der Waals surface area contributed by atoms with Gasteiger partial charge in [-0.05, 0) is 22.9 Å². The third-order valence-corrected chi connectivity index (χ3v) is 2.79. The highest BCUT2D eigenvalue weighted by Gasteiger charge is 2.12. The Morgan fingerprint density at radius 2 is 1.59 bits per heavy atom. The van der Waals surface area contributed by atoms with E-state index in [4.69, 9.17) is 5.11 Å². The maximum atomic E-state index is 11.9. The van der Waals surface area contributed by atoms with Crippen molar-refractivity contribution < 1.29 is 24.6 Å². The molecule has 0 aliphatic rings. The van der Waals surface area contributed by atoms with E-state index in [1.807, 2.05) is 5.43 Å². The molecule has 2 amide bonds. The first-order chi connectivity index (χ1) is 10.5. The molecular weight excluding hydrogens is 288 g/mol. The molecule has 2 rings (SSSR count). The number of hydrogen-bond donors (Lipinski definition) is 4. The summed E-state index contributed by atoms with van der Waals surface area (Å²) in [6.07, 6.45) is 1.39. The number of carboxylic acids is 1. The summed E-state index contributed by atoms with van der Waals surface area (Å²) in [5, 5.41) is 19.7. The van der Waals surface area contributed by atoms with Crippen molar-refractivity contribution in [3.63, 3.8) is 0 Å². The number of phenols is 1. The smallest absolute Gasteiger partial charge is 0.328 e. The van der Waals surface area contributed by atoms with Gasteiger partial charge in [-0.15, -0.1) is 0 Å². The molecule has 22 heavy (non-hydrogen) atoms. The van der Waals surface area contributed by atoms with Gasteiger partial charge in [-0.2, -0.15) is 0 Å². The zero-order valence-electron chi connectivity index (χ0n) is 11.2. The number of carbonyl (C=O) groups excluding carboxylic acids is 2. The van der Waals surface area contributed by atoms with E-state index < -0.39 is 17.8 Å². The van der Waals surface area contributed by atoms with Crippen molar-refractivity contribution in [3.05, 3.63) is 54.1 Å². The summed E-state index contributed by atoms with van der Waals surface area (Å²) in [7, 11) is 0. The third kappa shape index (κ3) is 3.60. The van der Waals surface area contributed by atoms with Crippen LogP contribution in [-0.2, 0) is 9.59 Å². The van der Waals surface area contributed by atoms with Crippen molar-refractivity contribution in [2.75, 3.05) is 0 Å². The number of carboxylic acid groups (broad SMARTS) is 1. The van der Waals surface area contributed by atoms with Crippen molar-refractivity contribution in [2.45, 2.75) is 0 Å².